The molecule has 1 unspecified atom stereocenters. The molecule has 0 bridgehead atoms. The predicted molar refractivity (Wildman–Crippen MR) is 62.5 cm³/mol. The number of aromatic nitrogens is 2. The highest BCUT2D eigenvalue weighted by atomic mass is 19.4. The molecule has 106 valence electrons. The van der Waals surface area contributed by atoms with E-state index in [9.17, 15) is 13.2 Å². The van der Waals surface area contributed by atoms with Crippen LogP contribution >= 0.6 is 0 Å². The van der Waals surface area contributed by atoms with Crippen molar-refractivity contribution < 1.29 is 17.9 Å². The van der Waals surface area contributed by atoms with Crippen molar-refractivity contribution >= 4 is 0 Å². The van der Waals surface area contributed by atoms with Crippen LogP contribution in [0.5, 0.6) is 0 Å². The van der Waals surface area contributed by atoms with Gasteiger partial charge in [-0.15, -0.1) is 0 Å². The molecule has 0 aliphatic carbocycles. The van der Waals surface area contributed by atoms with Gasteiger partial charge in [0.25, 0.3) is 0 Å². The van der Waals surface area contributed by atoms with E-state index < -0.39 is 18.0 Å². The van der Waals surface area contributed by atoms with Gasteiger partial charge in [0.15, 0.2) is 11.5 Å². The molecule has 0 aromatic carbocycles. The predicted octanol–water partition coefficient (Wildman–Crippen LogP) is 2.24. The summed E-state index contributed by atoms with van der Waals surface area (Å²) in [6, 6.07) is 0. The molecular formula is C12H16F3N3O. The number of ether oxygens (including phenoxy) is 1. The number of nitrogens with one attached hydrogen (secondary N) is 1. The minimum absolute atomic E-state index is 0.0941. The molecule has 7 heteroatoms. The average Bonchev–Trinajstić information content (AvgIpc) is 2.36. The fourth-order valence-corrected chi connectivity index (χ4v) is 2.12. The normalized spacial score (nSPS) is 17.1. The zero-order valence-electron chi connectivity index (χ0n) is 10.8. The molecular weight excluding hydrogens is 259 g/mol. The largest absolute Gasteiger partial charge is 0.433 e. The molecule has 1 atom stereocenters. The summed E-state index contributed by atoms with van der Waals surface area (Å²) in [5, 5.41) is 3.02. The first-order valence-corrected chi connectivity index (χ1v) is 6.22. The van der Waals surface area contributed by atoms with E-state index in [1.807, 2.05) is 0 Å². The monoisotopic (exact) mass is 275 g/mol. The lowest BCUT2D eigenvalue weighted by molar-refractivity contribution is -0.142. The maximum atomic E-state index is 13.1. The summed E-state index contributed by atoms with van der Waals surface area (Å²) in [5.74, 6) is 0.0941. The summed E-state index contributed by atoms with van der Waals surface area (Å²) in [5.41, 5.74) is -0.186. The molecule has 2 rings (SSSR count). The van der Waals surface area contributed by atoms with E-state index in [0.717, 1.165) is 0 Å². The smallest absolute Gasteiger partial charge is 0.371 e. The molecule has 0 amide bonds. The van der Waals surface area contributed by atoms with E-state index >= 15 is 0 Å². The Kier molecular flexibility index (Phi) is 4.05. The fourth-order valence-electron chi connectivity index (χ4n) is 2.12. The molecule has 0 fully saturated rings. The highest BCUT2D eigenvalue weighted by Crippen LogP contribution is 2.33. The van der Waals surface area contributed by atoms with E-state index in [0.29, 0.717) is 31.8 Å². The number of nitrogens with zero attached hydrogens (tertiary/aromatic N) is 2. The lowest BCUT2D eigenvalue weighted by Crippen LogP contribution is -2.29. The first kappa shape index (κ1) is 14.2. The van der Waals surface area contributed by atoms with Gasteiger partial charge in [0.1, 0.15) is 6.10 Å². The molecule has 19 heavy (non-hydrogen) atoms. The van der Waals surface area contributed by atoms with Crippen LogP contribution in [0.1, 0.15) is 42.7 Å². The van der Waals surface area contributed by atoms with Crippen molar-refractivity contribution in [2.45, 2.75) is 39.1 Å². The SMILES string of the molecule is CCOC(C)c1nc2c(c(C(F)(F)F)n1)CCNC2. The third kappa shape index (κ3) is 3.03. The van der Waals surface area contributed by atoms with Crippen molar-refractivity contribution in [2.24, 2.45) is 0 Å². The number of halogens is 3. The van der Waals surface area contributed by atoms with Gasteiger partial charge in [-0.2, -0.15) is 13.2 Å². The average molecular weight is 275 g/mol. The molecule has 1 aromatic rings. The molecule has 1 aliphatic heterocycles. The van der Waals surface area contributed by atoms with E-state index in [-0.39, 0.29) is 11.4 Å². The molecule has 0 radical (unpaired) electrons. The lowest BCUT2D eigenvalue weighted by atomic mass is 10.0. The quantitative estimate of drug-likeness (QED) is 0.919. The highest BCUT2D eigenvalue weighted by Gasteiger charge is 2.38. The van der Waals surface area contributed by atoms with Gasteiger partial charge in [0.2, 0.25) is 0 Å². The van der Waals surface area contributed by atoms with Crippen LogP contribution in [-0.2, 0) is 23.9 Å². The number of alkyl halides is 3. The molecule has 1 aromatic heterocycles. The number of hydrogen-bond donors (Lipinski definition) is 1. The van der Waals surface area contributed by atoms with E-state index in [1.54, 1.807) is 13.8 Å². The summed E-state index contributed by atoms with van der Waals surface area (Å²) in [7, 11) is 0. The van der Waals surface area contributed by atoms with E-state index in [2.05, 4.69) is 15.3 Å². The number of rotatable bonds is 3. The van der Waals surface area contributed by atoms with Crippen molar-refractivity contribution in [1.29, 1.82) is 0 Å². The van der Waals surface area contributed by atoms with Crippen molar-refractivity contribution in [3.05, 3.63) is 22.8 Å². The molecule has 1 N–H and O–H groups in total. The minimum atomic E-state index is -4.45. The Balaban J connectivity index is 2.48. The van der Waals surface area contributed by atoms with Gasteiger partial charge in [-0.1, -0.05) is 0 Å². The first-order chi connectivity index (χ1) is 8.93. The van der Waals surface area contributed by atoms with Crippen LogP contribution in [0.25, 0.3) is 0 Å². The Morgan fingerprint density at radius 2 is 2.11 bits per heavy atom. The highest BCUT2D eigenvalue weighted by molar-refractivity contribution is 5.30. The van der Waals surface area contributed by atoms with Crippen LogP contribution in [0.15, 0.2) is 0 Å². The van der Waals surface area contributed by atoms with Gasteiger partial charge < -0.3 is 10.1 Å². The summed E-state index contributed by atoms with van der Waals surface area (Å²) < 4.78 is 44.4. The van der Waals surface area contributed by atoms with Crippen molar-refractivity contribution in [3.63, 3.8) is 0 Å². The third-order valence-electron chi connectivity index (χ3n) is 3.00. The van der Waals surface area contributed by atoms with Crippen LogP contribution in [0.4, 0.5) is 13.2 Å². The Morgan fingerprint density at radius 3 is 2.74 bits per heavy atom. The molecule has 0 saturated heterocycles. The molecule has 0 spiro atoms. The van der Waals surface area contributed by atoms with Crippen LogP contribution in [0.3, 0.4) is 0 Å². The van der Waals surface area contributed by atoms with Gasteiger partial charge in [-0.05, 0) is 26.8 Å². The second-order valence-corrected chi connectivity index (χ2v) is 4.38. The lowest BCUT2D eigenvalue weighted by Gasteiger charge is -2.22. The van der Waals surface area contributed by atoms with Crippen LogP contribution < -0.4 is 5.32 Å². The van der Waals surface area contributed by atoms with Gasteiger partial charge in [-0.3, -0.25) is 0 Å². The summed E-state index contributed by atoms with van der Waals surface area (Å²) in [4.78, 5) is 7.89. The molecule has 1 aliphatic rings. The standard InChI is InChI=1S/C12H16F3N3O/c1-3-19-7(2)11-17-9-6-16-5-4-8(9)10(18-11)12(13,14)15/h7,16H,3-6H2,1-2H3. The Bertz CT molecular complexity index is 462. The Labute approximate surface area is 109 Å². The van der Waals surface area contributed by atoms with Gasteiger partial charge in [0, 0.05) is 18.7 Å². The zero-order chi connectivity index (χ0) is 14.0. The summed E-state index contributed by atoms with van der Waals surface area (Å²) in [6.07, 6.45) is -4.70. The van der Waals surface area contributed by atoms with E-state index in [1.165, 1.54) is 0 Å². The van der Waals surface area contributed by atoms with Crippen molar-refractivity contribution in [2.75, 3.05) is 13.2 Å². The number of hydrogen-bond acceptors (Lipinski definition) is 4. The second kappa shape index (κ2) is 5.42. The van der Waals surface area contributed by atoms with Crippen LogP contribution in [0.2, 0.25) is 0 Å². The molecule has 0 saturated carbocycles. The third-order valence-corrected chi connectivity index (χ3v) is 3.00. The fraction of sp³-hybridized carbons (Fsp3) is 0.667. The summed E-state index contributed by atoms with van der Waals surface area (Å²) >= 11 is 0. The topological polar surface area (TPSA) is 47.0 Å². The van der Waals surface area contributed by atoms with Gasteiger partial charge in [-0.25, -0.2) is 9.97 Å². The zero-order valence-corrected chi connectivity index (χ0v) is 10.8. The van der Waals surface area contributed by atoms with Gasteiger partial charge >= 0.3 is 6.18 Å². The van der Waals surface area contributed by atoms with Crippen LogP contribution in [-0.4, -0.2) is 23.1 Å². The van der Waals surface area contributed by atoms with Gasteiger partial charge in [0.05, 0.1) is 5.69 Å². The Morgan fingerprint density at radius 1 is 1.37 bits per heavy atom. The summed E-state index contributed by atoms with van der Waals surface area (Å²) in [6.45, 7) is 4.69. The second-order valence-electron chi connectivity index (χ2n) is 4.38. The Hall–Kier alpha value is -1.21. The molecule has 4 nitrogen and oxygen atoms in total. The molecule has 2 heterocycles. The van der Waals surface area contributed by atoms with Crippen LogP contribution in [0, 0.1) is 0 Å². The maximum Gasteiger partial charge on any atom is 0.433 e. The first-order valence-electron chi connectivity index (χ1n) is 6.22. The van der Waals surface area contributed by atoms with Crippen molar-refractivity contribution in [3.8, 4) is 0 Å². The number of fused-ring (bicyclic) bond motifs is 1. The van der Waals surface area contributed by atoms with Crippen molar-refractivity contribution in [1.82, 2.24) is 15.3 Å². The van der Waals surface area contributed by atoms with E-state index in [4.69, 9.17) is 4.74 Å². The maximum absolute atomic E-state index is 13.1. The minimum Gasteiger partial charge on any atom is -0.371 e.